The number of hydrogen-bond acceptors (Lipinski definition) is 5. The largest absolute Gasteiger partial charge is 0.463 e. The molecule has 0 spiro atoms. The van der Waals surface area contributed by atoms with Crippen LogP contribution >= 0.6 is 0 Å². The van der Waals surface area contributed by atoms with E-state index in [4.69, 9.17) is 0 Å². The number of hydrogen-bond donors (Lipinski definition) is 0. The smallest absolute Gasteiger partial charge is 0.374 e. The van der Waals surface area contributed by atoms with Gasteiger partial charge < -0.3 is 4.74 Å². The van der Waals surface area contributed by atoms with E-state index < -0.39 is 41.4 Å². The maximum atomic E-state index is 13.6. The first-order valence-electron chi connectivity index (χ1n) is 5.43. The van der Waals surface area contributed by atoms with Crippen molar-refractivity contribution in [2.24, 2.45) is 0 Å². The van der Waals surface area contributed by atoms with Gasteiger partial charge in [-0.3, -0.25) is 14.9 Å². The molecule has 1 rings (SSSR count). The monoisotopic (exact) mass is 269 g/mol. The zero-order valence-electron chi connectivity index (χ0n) is 10.2. The molecule has 0 N–H and O–H groups in total. The fourth-order valence-electron chi connectivity index (χ4n) is 1.68. The molecule has 0 aliphatic carbocycles. The lowest BCUT2D eigenvalue weighted by atomic mass is 9.93. The molecule has 0 aliphatic rings. The van der Waals surface area contributed by atoms with Crippen LogP contribution in [0.15, 0.2) is 24.3 Å². The Morgan fingerprint density at radius 3 is 2.58 bits per heavy atom. The number of ketones is 1. The van der Waals surface area contributed by atoms with Crippen molar-refractivity contribution in [1.29, 1.82) is 0 Å². The summed E-state index contributed by atoms with van der Waals surface area (Å²) in [5, 5.41) is 10.6. The van der Waals surface area contributed by atoms with Gasteiger partial charge in [-0.15, -0.1) is 0 Å². The van der Waals surface area contributed by atoms with Gasteiger partial charge in [0.2, 0.25) is 12.3 Å². The van der Waals surface area contributed by atoms with Crippen molar-refractivity contribution in [3.63, 3.8) is 0 Å². The first kappa shape index (κ1) is 14.7. The Morgan fingerprint density at radius 1 is 1.42 bits per heavy atom. The molecule has 1 aromatic carbocycles. The zero-order chi connectivity index (χ0) is 14.4. The molecular formula is C12H12FNO5. The fourth-order valence-corrected chi connectivity index (χ4v) is 1.68. The molecular weight excluding hydrogens is 257 g/mol. The predicted octanol–water partition coefficient (Wildman–Crippen LogP) is 1.32. The van der Waals surface area contributed by atoms with E-state index in [0.29, 0.717) is 0 Å². The van der Waals surface area contributed by atoms with Crippen LogP contribution in [0.3, 0.4) is 0 Å². The number of benzene rings is 1. The van der Waals surface area contributed by atoms with Gasteiger partial charge in [0, 0.05) is 11.3 Å². The lowest BCUT2D eigenvalue weighted by molar-refractivity contribution is -0.483. The zero-order valence-corrected chi connectivity index (χ0v) is 10.2. The summed E-state index contributed by atoms with van der Waals surface area (Å²) in [7, 11) is 1.03. The molecule has 0 fully saturated rings. The standard InChI is InChI=1S/C12H12FNO5/c1-19-12(16)11(15)6-8(7-14(17)18)9-4-2-3-5-10(9)13/h2-5,8H,6-7H2,1H3/t8-/m0/s1. The number of esters is 1. The van der Waals surface area contributed by atoms with E-state index in [1.54, 1.807) is 0 Å². The van der Waals surface area contributed by atoms with Crippen LogP contribution < -0.4 is 0 Å². The lowest BCUT2D eigenvalue weighted by Gasteiger charge is -2.12. The Morgan fingerprint density at radius 2 is 2.05 bits per heavy atom. The second-order valence-electron chi connectivity index (χ2n) is 3.85. The Hall–Kier alpha value is -2.31. The van der Waals surface area contributed by atoms with E-state index in [2.05, 4.69) is 4.74 Å². The minimum atomic E-state index is -1.09. The summed E-state index contributed by atoms with van der Waals surface area (Å²) < 4.78 is 17.8. The molecule has 7 heteroatoms. The summed E-state index contributed by atoms with van der Waals surface area (Å²) in [6, 6.07) is 5.44. The number of carbonyl (C=O) groups is 2. The third-order valence-electron chi connectivity index (χ3n) is 2.56. The molecule has 0 saturated heterocycles. The molecule has 1 atom stereocenters. The number of Topliss-reactive ketones (excluding diaryl/α,β-unsaturated/α-hetero) is 1. The van der Waals surface area contributed by atoms with Crippen LogP contribution in [0.1, 0.15) is 17.9 Å². The number of nitrogens with zero attached hydrogens (tertiary/aromatic N) is 1. The fraction of sp³-hybridized carbons (Fsp3) is 0.333. The molecule has 0 amide bonds. The van der Waals surface area contributed by atoms with Crippen molar-refractivity contribution in [2.75, 3.05) is 13.7 Å². The van der Waals surface area contributed by atoms with Gasteiger partial charge in [-0.05, 0) is 11.6 Å². The van der Waals surface area contributed by atoms with Crippen molar-refractivity contribution in [3.8, 4) is 0 Å². The molecule has 1 aromatic rings. The SMILES string of the molecule is COC(=O)C(=O)C[C@@H](C[N+](=O)[O-])c1ccccc1F. The van der Waals surface area contributed by atoms with Crippen molar-refractivity contribution < 1.29 is 23.6 Å². The molecule has 19 heavy (non-hydrogen) atoms. The lowest BCUT2D eigenvalue weighted by Crippen LogP contribution is -2.23. The number of ether oxygens (including phenoxy) is 1. The van der Waals surface area contributed by atoms with Crippen LogP contribution in [0.2, 0.25) is 0 Å². The molecule has 0 heterocycles. The molecule has 0 unspecified atom stereocenters. The first-order valence-corrected chi connectivity index (χ1v) is 5.43. The van der Waals surface area contributed by atoms with Crippen LogP contribution in [0, 0.1) is 15.9 Å². The molecule has 0 aliphatic heterocycles. The van der Waals surface area contributed by atoms with E-state index in [1.807, 2.05) is 0 Å². The van der Waals surface area contributed by atoms with Gasteiger partial charge >= 0.3 is 5.97 Å². The van der Waals surface area contributed by atoms with Crippen LogP contribution in [-0.4, -0.2) is 30.3 Å². The number of methoxy groups -OCH3 is 1. The van der Waals surface area contributed by atoms with Gasteiger partial charge in [-0.1, -0.05) is 18.2 Å². The van der Waals surface area contributed by atoms with Crippen molar-refractivity contribution >= 4 is 11.8 Å². The van der Waals surface area contributed by atoms with Crippen LogP contribution in [-0.2, 0) is 14.3 Å². The molecule has 0 saturated carbocycles. The maximum absolute atomic E-state index is 13.6. The van der Waals surface area contributed by atoms with Crippen molar-refractivity contribution in [2.45, 2.75) is 12.3 Å². The van der Waals surface area contributed by atoms with Crippen LogP contribution in [0.25, 0.3) is 0 Å². The van der Waals surface area contributed by atoms with Gasteiger partial charge in [0.1, 0.15) is 5.82 Å². The molecule has 0 aromatic heterocycles. The third kappa shape index (κ3) is 4.13. The highest BCUT2D eigenvalue weighted by Gasteiger charge is 2.27. The summed E-state index contributed by atoms with van der Waals surface area (Å²) in [6.07, 6.45) is -0.464. The average molecular weight is 269 g/mol. The van der Waals surface area contributed by atoms with Crippen LogP contribution in [0.4, 0.5) is 4.39 Å². The summed E-state index contributed by atoms with van der Waals surface area (Å²) in [5.41, 5.74) is 0.0384. The van der Waals surface area contributed by atoms with Crippen molar-refractivity contribution in [1.82, 2.24) is 0 Å². The minimum absolute atomic E-state index is 0.0384. The van der Waals surface area contributed by atoms with E-state index in [-0.39, 0.29) is 5.56 Å². The number of nitro groups is 1. The molecule has 102 valence electrons. The number of rotatable bonds is 6. The number of halogens is 1. The topological polar surface area (TPSA) is 86.5 Å². The van der Waals surface area contributed by atoms with E-state index in [0.717, 1.165) is 13.2 Å². The highest BCUT2D eigenvalue weighted by atomic mass is 19.1. The third-order valence-corrected chi connectivity index (χ3v) is 2.56. The predicted molar refractivity (Wildman–Crippen MR) is 62.6 cm³/mol. The van der Waals surface area contributed by atoms with E-state index in [1.165, 1.54) is 18.2 Å². The van der Waals surface area contributed by atoms with E-state index in [9.17, 15) is 24.1 Å². The van der Waals surface area contributed by atoms with Crippen molar-refractivity contribution in [3.05, 3.63) is 45.8 Å². The maximum Gasteiger partial charge on any atom is 0.374 e. The Kier molecular flexibility index (Phi) is 5.11. The summed E-state index contributed by atoms with van der Waals surface area (Å²) in [4.78, 5) is 32.4. The summed E-state index contributed by atoms with van der Waals surface area (Å²) >= 11 is 0. The van der Waals surface area contributed by atoms with Gasteiger partial charge in [-0.25, -0.2) is 9.18 Å². The first-order chi connectivity index (χ1) is 8.95. The van der Waals surface area contributed by atoms with Gasteiger partial charge in [0.05, 0.1) is 13.0 Å². The summed E-state index contributed by atoms with van der Waals surface area (Å²) in [5.74, 6) is -3.66. The van der Waals surface area contributed by atoms with Gasteiger partial charge in [-0.2, -0.15) is 0 Å². The normalized spacial score (nSPS) is 11.7. The van der Waals surface area contributed by atoms with Crippen LogP contribution in [0.5, 0.6) is 0 Å². The number of carbonyl (C=O) groups excluding carboxylic acids is 2. The Bertz CT molecular complexity index is 503. The van der Waals surface area contributed by atoms with Gasteiger partial charge in [0.15, 0.2) is 0 Å². The highest BCUT2D eigenvalue weighted by molar-refractivity contribution is 6.33. The minimum Gasteiger partial charge on any atom is -0.463 e. The quantitative estimate of drug-likeness (QED) is 0.336. The summed E-state index contributed by atoms with van der Waals surface area (Å²) in [6.45, 7) is -0.635. The average Bonchev–Trinajstić information content (AvgIpc) is 2.37. The highest BCUT2D eigenvalue weighted by Crippen LogP contribution is 2.23. The molecule has 6 nitrogen and oxygen atoms in total. The Balaban J connectivity index is 2.96. The molecule has 0 bridgehead atoms. The molecule has 0 radical (unpaired) electrons. The van der Waals surface area contributed by atoms with E-state index >= 15 is 0 Å². The van der Waals surface area contributed by atoms with Gasteiger partial charge in [0.25, 0.3) is 0 Å². The second-order valence-corrected chi connectivity index (χ2v) is 3.85. The Labute approximate surface area is 108 Å². The second kappa shape index (κ2) is 6.58.